The number of rotatable bonds is 4. The van der Waals surface area contributed by atoms with Crippen LogP contribution in [0, 0.1) is 15.5 Å². The van der Waals surface area contributed by atoms with Crippen molar-refractivity contribution in [1.29, 1.82) is 0 Å². The number of urea groups is 1. The molecule has 1 saturated heterocycles. The average molecular weight is 436 g/mol. The van der Waals surface area contributed by atoms with Gasteiger partial charge in [0.1, 0.15) is 0 Å². The fourth-order valence-electron chi connectivity index (χ4n) is 4.90. The highest BCUT2D eigenvalue weighted by atomic mass is 16.6. The number of benzene rings is 2. The molecule has 0 radical (unpaired) electrons. The number of anilines is 1. The molecule has 2 unspecified atom stereocenters. The maximum absolute atomic E-state index is 13.9. The highest BCUT2D eigenvalue weighted by molar-refractivity contribution is 6.20. The van der Waals surface area contributed by atoms with Crippen LogP contribution in [0.2, 0.25) is 0 Å². The van der Waals surface area contributed by atoms with Gasteiger partial charge in [0.15, 0.2) is 5.41 Å². The zero-order valence-electron chi connectivity index (χ0n) is 18.1. The summed E-state index contributed by atoms with van der Waals surface area (Å²) in [4.78, 5) is 53.8. The third-order valence-corrected chi connectivity index (χ3v) is 6.25. The summed E-state index contributed by atoms with van der Waals surface area (Å²) in [6, 6.07) is 11.8. The first-order chi connectivity index (χ1) is 15.2. The lowest BCUT2D eigenvalue weighted by Gasteiger charge is -2.52. The van der Waals surface area contributed by atoms with Gasteiger partial charge in [-0.3, -0.25) is 29.9 Å². The van der Waals surface area contributed by atoms with Crippen molar-refractivity contribution in [1.82, 2.24) is 10.2 Å². The predicted molar refractivity (Wildman–Crippen MR) is 117 cm³/mol. The Labute approximate surface area is 185 Å². The summed E-state index contributed by atoms with van der Waals surface area (Å²) >= 11 is 0. The molecule has 4 rings (SSSR count). The summed E-state index contributed by atoms with van der Waals surface area (Å²) in [6.07, 6.45) is -0.0543. The highest BCUT2D eigenvalue weighted by Gasteiger charge is 2.62. The molecular weight excluding hydrogens is 412 g/mol. The predicted octanol–water partition coefficient (Wildman–Crippen LogP) is 3.19. The number of carbonyl (C=O) groups is 3. The maximum Gasteiger partial charge on any atom is 0.331 e. The third kappa shape index (κ3) is 3.04. The van der Waals surface area contributed by atoms with Crippen molar-refractivity contribution in [2.45, 2.75) is 39.3 Å². The van der Waals surface area contributed by atoms with Crippen molar-refractivity contribution in [2.24, 2.45) is 5.41 Å². The second-order valence-corrected chi connectivity index (χ2v) is 8.35. The van der Waals surface area contributed by atoms with E-state index in [0.29, 0.717) is 12.1 Å². The van der Waals surface area contributed by atoms with Crippen molar-refractivity contribution in [2.75, 3.05) is 11.4 Å². The van der Waals surface area contributed by atoms with E-state index in [1.54, 1.807) is 19.9 Å². The van der Waals surface area contributed by atoms with Crippen LogP contribution in [0.1, 0.15) is 37.9 Å². The molecule has 2 aromatic carbocycles. The molecule has 9 nitrogen and oxygen atoms in total. The van der Waals surface area contributed by atoms with E-state index in [2.05, 4.69) is 5.32 Å². The molecule has 4 amide bonds. The number of fused-ring (bicyclic) bond motifs is 1. The van der Waals surface area contributed by atoms with E-state index < -0.39 is 40.3 Å². The van der Waals surface area contributed by atoms with Crippen molar-refractivity contribution in [3.05, 3.63) is 69.8 Å². The Bertz CT molecular complexity index is 1120. The third-order valence-electron chi connectivity index (χ3n) is 6.25. The fraction of sp³-hybridized carbons (Fsp3) is 0.348. The first-order valence-electron chi connectivity index (χ1n) is 10.5. The van der Waals surface area contributed by atoms with Gasteiger partial charge < -0.3 is 4.90 Å². The van der Waals surface area contributed by atoms with Crippen LogP contribution in [0.25, 0.3) is 0 Å². The highest BCUT2D eigenvalue weighted by Crippen LogP contribution is 2.52. The molecule has 0 saturated carbocycles. The van der Waals surface area contributed by atoms with Crippen molar-refractivity contribution in [3.63, 3.8) is 0 Å². The van der Waals surface area contributed by atoms with Gasteiger partial charge in [-0.15, -0.1) is 0 Å². The van der Waals surface area contributed by atoms with Gasteiger partial charge in [0, 0.05) is 36.8 Å². The number of nitrogens with zero attached hydrogens (tertiary/aromatic N) is 3. The number of nitro groups is 1. The molecule has 166 valence electrons. The van der Waals surface area contributed by atoms with E-state index in [1.165, 1.54) is 12.1 Å². The lowest BCUT2D eigenvalue weighted by atomic mass is 9.66. The number of carbonyl (C=O) groups excluding carboxylic acids is 3. The molecule has 0 bridgehead atoms. The Morgan fingerprint density at radius 1 is 1.16 bits per heavy atom. The van der Waals surface area contributed by atoms with E-state index in [1.807, 2.05) is 42.2 Å². The minimum Gasteiger partial charge on any atom is -0.363 e. The molecule has 9 heteroatoms. The van der Waals surface area contributed by atoms with Crippen molar-refractivity contribution < 1.29 is 19.3 Å². The van der Waals surface area contributed by atoms with Gasteiger partial charge in [0.25, 0.3) is 5.69 Å². The van der Waals surface area contributed by atoms with Gasteiger partial charge in [0.2, 0.25) is 11.8 Å². The normalized spacial score (nSPS) is 22.9. The summed E-state index contributed by atoms with van der Waals surface area (Å²) in [6.45, 7) is 5.76. The number of nitrogens with one attached hydrogen (secondary N) is 1. The first kappa shape index (κ1) is 21.5. The molecule has 2 aliphatic heterocycles. The molecule has 2 atom stereocenters. The van der Waals surface area contributed by atoms with Crippen molar-refractivity contribution in [3.8, 4) is 0 Å². The zero-order chi connectivity index (χ0) is 23.2. The van der Waals surface area contributed by atoms with Crippen LogP contribution in [0.4, 0.5) is 16.2 Å². The minimum absolute atomic E-state index is 0.0543. The summed E-state index contributed by atoms with van der Waals surface area (Å²) in [5, 5.41) is 13.8. The summed E-state index contributed by atoms with van der Waals surface area (Å²) in [5.74, 6) is -1.28. The quantitative estimate of drug-likeness (QED) is 0.447. The largest absolute Gasteiger partial charge is 0.363 e. The lowest BCUT2D eigenvalue weighted by Crippen LogP contribution is -2.70. The number of non-ortho nitro benzene ring substituents is 1. The Morgan fingerprint density at radius 3 is 2.44 bits per heavy atom. The monoisotopic (exact) mass is 436 g/mol. The van der Waals surface area contributed by atoms with Crippen LogP contribution in [0.3, 0.4) is 0 Å². The van der Waals surface area contributed by atoms with Gasteiger partial charge >= 0.3 is 6.03 Å². The van der Waals surface area contributed by atoms with E-state index >= 15 is 0 Å². The van der Waals surface area contributed by atoms with Crippen LogP contribution in [0.15, 0.2) is 48.5 Å². The Balaban J connectivity index is 2.01. The second-order valence-electron chi connectivity index (χ2n) is 8.35. The van der Waals surface area contributed by atoms with Crippen LogP contribution < -0.4 is 10.2 Å². The molecular formula is C23H24N4O5. The minimum atomic E-state index is -1.65. The average Bonchev–Trinajstić information content (AvgIpc) is 2.76. The van der Waals surface area contributed by atoms with E-state index in [-0.39, 0.29) is 12.1 Å². The van der Waals surface area contributed by atoms with Gasteiger partial charge in [0.05, 0.1) is 11.0 Å². The number of hydrogen-bond acceptors (Lipinski definition) is 6. The number of barbiturate groups is 1. The molecule has 0 aliphatic carbocycles. The molecule has 1 N–H and O–H groups in total. The zero-order valence-corrected chi connectivity index (χ0v) is 18.1. The van der Waals surface area contributed by atoms with Gasteiger partial charge in [-0.1, -0.05) is 30.3 Å². The topological polar surface area (TPSA) is 113 Å². The van der Waals surface area contributed by atoms with E-state index in [4.69, 9.17) is 0 Å². The van der Waals surface area contributed by atoms with Crippen molar-refractivity contribution >= 4 is 29.2 Å². The number of imide groups is 2. The number of hydrogen-bond donors (Lipinski definition) is 1. The van der Waals surface area contributed by atoms with Gasteiger partial charge in [-0.2, -0.15) is 0 Å². The smallest absolute Gasteiger partial charge is 0.331 e. The lowest BCUT2D eigenvalue weighted by molar-refractivity contribution is -0.384. The molecule has 0 aromatic heterocycles. The van der Waals surface area contributed by atoms with Crippen LogP contribution in [-0.4, -0.2) is 40.3 Å². The standard InChI is InChI=1S/C23H24N4O5/c1-4-25-18-11-10-17(27(31)32)12-16(18)13-23(19(25)15-8-6-5-7-9-15)20(28)24-22(30)26(14(2)3)21(23)29/h5-12,14,19H,4,13H2,1-3H3,(H,24,28,30). The van der Waals surface area contributed by atoms with Crippen LogP contribution in [0.5, 0.6) is 0 Å². The molecule has 2 heterocycles. The SMILES string of the molecule is CCN1c2ccc([N+](=O)[O-])cc2CC2(C(=O)NC(=O)N(C(C)C)C2=O)C1c1ccccc1. The van der Waals surface area contributed by atoms with Crippen LogP contribution >= 0.6 is 0 Å². The molecule has 2 aliphatic rings. The maximum atomic E-state index is 13.9. The molecule has 2 aromatic rings. The Morgan fingerprint density at radius 2 is 1.84 bits per heavy atom. The van der Waals surface area contributed by atoms with E-state index in [9.17, 15) is 24.5 Å². The summed E-state index contributed by atoms with van der Waals surface area (Å²) in [7, 11) is 0. The van der Waals surface area contributed by atoms with Gasteiger partial charge in [-0.05, 0) is 38.0 Å². The molecule has 32 heavy (non-hydrogen) atoms. The number of nitro benzene ring substituents is 1. The molecule has 1 fully saturated rings. The van der Waals surface area contributed by atoms with E-state index in [0.717, 1.165) is 16.2 Å². The number of amides is 4. The Hall–Kier alpha value is -3.75. The fourth-order valence-corrected chi connectivity index (χ4v) is 4.90. The first-order valence-corrected chi connectivity index (χ1v) is 10.5. The summed E-state index contributed by atoms with van der Waals surface area (Å²) < 4.78 is 0. The Kier molecular flexibility index (Phi) is 5.20. The second kappa shape index (κ2) is 7.74. The van der Waals surface area contributed by atoms with Crippen LogP contribution in [-0.2, 0) is 16.0 Å². The van der Waals surface area contributed by atoms with Gasteiger partial charge in [-0.25, -0.2) is 4.79 Å². The molecule has 1 spiro atoms. The summed E-state index contributed by atoms with van der Waals surface area (Å²) in [5.41, 5.74) is 0.229.